The molecule has 1 nitrogen and oxygen atoms in total. The first kappa shape index (κ1) is 18.0. The third-order valence-electron chi connectivity index (χ3n) is 5.44. The molecule has 0 aliphatic heterocycles. The van der Waals surface area contributed by atoms with Gasteiger partial charge in [0.2, 0.25) is 0 Å². The maximum absolute atomic E-state index is 5.82. The van der Waals surface area contributed by atoms with Crippen molar-refractivity contribution in [3.05, 3.63) is 53.6 Å². The molecule has 0 amide bonds. The highest BCUT2D eigenvalue weighted by atomic mass is 16.5. The molecule has 0 saturated heterocycles. The minimum absolute atomic E-state index is 0.824. The van der Waals surface area contributed by atoms with Crippen molar-refractivity contribution in [3.8, 4) is 16.9 Å². The lowest BCUT2D eigenvalue weighted by atomic mass is 9.81. The summed E-state index contributed by atoms with van der Waals surface area (Å²) in [6.45, 7) is 5.35. The number of fused-ring (bicyclic) bond motifs is 1. The summed E-state index contributed by atoms with van der Waals surface area (Å²) in [4.78, 5) is 0. The van der Waals surface area contributed by atoms with Gasteiger partial charge in [-0.25, -0.2) is 0 Å². The average Bonchev–Trinajstić information content (AvgIpc) is 2.66. The zero-order valence-electron chi connectivity index (χ0n) is 15.9. The van der Waals surface area contributed by atoms with Gasteiger partial charge >= 0.3 is 0 Å². The molecule has 0 saturated carbocycles. The summed E-state index contributed by atoms with van der Waals surface area (Å²) in [5.41, 5.74) is 5.76. The van der Waals surface area contributed by atoms with E-state index in [0.29, 0.717) is 0 Å². The smallest absolute Gasteiger partial charge is 0.119 e. The van der Waals surface area contributed by atoms with E-state index in [1.807, 2.05) is 0 Å². The van der Waals surface area contributed by atoms with Gasteiger partial charge in [-0.2, -0.15) is 0 Å². The maximum Gasteiger partial charge on any atom is 0.119 e. The third kappa shape index (κ3) is 4.87. The number of benzene rings is 2. The SMILES string of the molecule is CCCCCOc1ccc(-c2ccc3c(c2)CCC(CCC)C3)cc1. The molecule has 0 N–H and O–H groups in total. The Hall–Kier alpha value is -1.76. The van der Waals surface area contributed by atoms with Crippen LogP contribution in [-0.2, 0) is 12.8 Å². The summed E-state index contributed by atoms with van der Waals surface area (Å²) in [7, 11) is 0. The number of ether oxygens (including phenoxy) is 1. The predicted octanol–water partition coefficient (Wildman–Crippen LogP) is 6.83. The molecule has 1 heteroatoms. The van der Waals surface area contributed by atoms with Crippen LogP contribution in [0.1, 0.15) is 63.5 Å². The van der Waals surface area contributed by atoms with E-state index in [-0.39, 0.29) is 0 Å². The Morgan fingerprint density at radius 3 is 2.44 bits per heavy atom. The van der Waals surface area contributed by atoms with Gasteiger partial charge in [-0.3, -0.25) is 0 Å². The standard InChI is InChI=1S/C24H32O/c1-3-5-6-16-25-24-14-12-20(13-15-24)22-11-10-21-17-19(7-4-2)8-9-23(21)18-22/h10-15,18-19H,3-9,16-17H2,1-2H3. The normalized spacial score (nSPS) is 16.5. The quantitative estimate of drug-likeness (QED) is 0.480. The van der Waals surface area contributed by atoms with Crippen LogP contribution in [0.3, 0.4) is 0 Å². The second kappa shape index (κ2) is 9.08. The van der Waals surface area contributed by atoms with Crippen molar-refractivity contribution in [2.45, 2.75) is 65.2 Å². The van der Waals surface area contributed by atoms with E-state index in [9.17, 15) is 0 Å². The van der Waals surface area contributed by atoms with Gasteiger partial charge in [0.05, 0.1) is 6.61 Å². The van der Waals surface area contributed by atoms with Crippen LogP contribution in [0.25, 0.3) is 11.1 Å². The Labute approximate surface area is 153 Å². The highest BCUT2D eigenvalue weighted by Gasteiger charge is 2.18. The van der Waals surface area contributed by atoms with E-state index >= 15 is 0 Å². The molecule has 134 valence electrons. The fourth-order valence-corrected chi connectivity index (χ4v) is 3.95. The summed E-state index contributed by atoms with van der Waals surface area (Å²) in [5, 5.41) is 0. The van der Waals surface area contributed by atoms with Crippen molar-refractivity contribution in [3.63, 3.8) is 0 Å². The van der Waals surface area contributed by atoms with Gasteiger partial charge in [0.15, 0.2) is 0 Å². The van der Waals surface area contributed by atoms with Crippen molar-refractivity contribution in [2.75, 3.05) is 6.61 Å². The number of aryl methyl sites for hydroxylation is 1. The minimum atomic E-state index is 0.824. The fraction of sp³-hybridized carbons (Fsp3) is 0.500. The van der Waals surface area contributed by atoms with Gasteiger partial charge in [-0.1, -0.05) is 69.9 Å². The molecule has 1 atom stereocenters. The van der Waals surface area contributed by atoms with E-state index in [0.717, 1.165) is 24.7 Å². The molecule has 0 radical (unpaired) electrons. The summed E-state index contributed by atoms with van der Waals surface area (Å²) in [5.74, 6) is 1.88. The Kier molecular flexibility index (Phi) is 6.55. The van der Waals surface area contributed by atoms with Crippen molar-refractivity contribution < 1.29 is 4.74 Å². The third-order valence-corrected chi connectivity index (χ3v) is 5.44. The summed E-state index contributed by atoms with van der Waals surface area (Å²) < 4.78 is 5.82. The minimum Gasteiger partial charge on any atom is -0.494 e. The molecule has 25 heavy (non-hydrogen) atoms. The van der Waals surface area contributed by atoms with Crippen molar-refractivity contribution in [1.29, 1.82) is 0 Å². The molecule has 2 aromatic rings. The number of unbranched alkanes of at least 4 members (excludes halogenated alkanes) is 2. The first-order valence-electron chi connectivity index (χ1n) is 10.1. The second-order valence-corrected chi connectivity index (χ2v) is 7.46. The largest absolute Gasteiger partial charge is 0.494 e. The van der Waals surface area contributed by atoms with Crippen LogP contribution in [0.4, 0.5) is 0 Å². The van der Waals surface area contributed by atoms with Crippen LogP contribution in [0.15, 0.2) is 42.5 Å². The lowest BCUT2D eigenvalue weighted by molar-refractivity contribution is 0.306. The van der Waals surface area contributed by atoms with E-state index in [1.54, 1.807) is 11.1 Å². The summed E-state index contributed by atoms with van der Waals surface area (Å²) in [6, 6.07) is 15.7. The number of hydrogen-bond donors (Lipinski definition) is 0. The molecule has 0 fully saturated rings. The van der Waals surface area contributed by atoms with E-state index < -0.39 is 0 Å². The van der Waals surface area contributed by atoms with Gasteiger partial charge in [0, 0.05) is 0 Å². The molecule has 0 aromatic heterocycles. The molecule has 0 spiro atoms. The van der Waals surface area contributed by atoms with Crippen molar-refractivity contribution in [2.24, 2.45) is 5.92 Å². The number of hydrogen-bond acceptors (Lipinski definition) is 1. The molecule has 0 heterocycles. The van der Waals surface area contributed by atoms with Crippen LogP contribution in [-0.4, -0.2) is 6.61 Å². The Morgan fingerprint density at radius 2 is 1.68 bits per heavy atom. The average molecular weight is 337 g/mol. The molecule has 0 bridgehead atoms. The summed E-state index contributed by atoms with van der Waals surface area (Å²) >= 11 is 0. The van der Waals surface area contributed by atoms with Crippen LogP contribution in [0.2, 0.25) is 0 Å². The first-order chi connectivity index (χ1) is 12.3. The van der Waals surface area contributed by atoms with Crippen LogP contribution in [0, 0.1) is 5.92 Å². The zero-order chi connectivity index (χ0) is 17.5. The molecule has 1 unspecified atom stereocenters. The van der Waals surface area contributed by atoms with Gasteiger partial charge in [-0.05, 0) is 66.0 Å². The number of rotatable bonds is 8. The van der Waals surface area contributed by atoms with Gasteiger partial charge < -0.3 is 4.74 Å². The molecule has 3 rings (SSSR count). The topological polar surface area (TPSA) is 9.23 Å². The van der Waals surface area contributed by atoms with Crippen molar-refractivity contribution >= 4 is 0 Å². The molecule has 1 aliphatic carbocycles. The molecular weight excluding hydrogens is 304 g/mol. The highest BCUT2D eigenvalue weighted by Crippen LogP contribution is 2.32. The van der Waals surface area contributed by atoms with E-state index in [2.05, 4.69) is 56.3 Å². The Bertz CT molecular complexity index is 656. The van der Waals surface area contributed by atoms with Crippen LogP contribution >= 0.6 is 0 Å². The van der Waals surface area contributed by atoms with Gasteiger partial charge in [0.25, 0.3) is 0 Å². The molecular formula is C24H32O. The lowest BCUT2D eigenvalue weighted by Gasteiger charge is -2.24. The van der Waals surface area contributed by atoms with E-state index in [4.69, 9.17) is 4.74 Å². The van der Waals surface area contributed by atoms with Gasteiger partial charge in [0.1, 0.15) is 5.75 Å². The van der Waals surface area contributed by atoms with Crippen LogP contribution < -0.4 is 4.74 Å². The van der Waals surface area contributed by atoms with Crippen LogP contribution in [0.5, 0.6) is 5.75 Å². The van der Waals surface area contributed by atoms with Crippen molar-refractivity contribution in [1.82, 2.24) is 0 Å². The Morgan fingerprint density at radius 1 is 0.880 bits per heavy atom. The summed E-state index contributed by atoms with van der Waals surface area (Å²) in [6.07, 6.45) is 10.2. The van der Waals surface area contributed by atoms with Gasteiger partial charge in [-0.15, -0.1) is 0 Å². The Balaban J connectivity index is 1.64. The monoisotopic (exact) mass is 336 g/mol. The zero-order valence-corrected chi connectivity index (χ0v) is 15.9. The lowest BCUT2D eigenvalue weighted by Crippen LogP contribution is -2.14. The predicted molar refractivity (Wildman–Crippen MR) is 107 cm³/mol. The molecule has 2 aromatic carbocycles. The highest BCUT2D eigenvalue weighted by molar-refractivity contribution is 5.65. The maximum atomic E-state index is 5.82. The fourth-order valence-electron chi connectivity index (χ4n) is 3.95. The second-order valence-electron chi connectivity index (χ2n) is 7.46. The molecule has 1 aliphatic rings. The van der Waals surface area contributed by atoms with E-state index in [1.165, 1.54) is 56.1 Å². The first-order valence-corrected chi connectivity index (χ1v) is 10.1.